The highest BCUT2D eigenvalue weighted by Gasteiger charge is 2.56. The maximum absolute atomic E-state index is 13.5. The third-order valence-electron chi connectivity index (χ3n) is 6.46. The SMILES string of the molecule is CC(=O)[C@@H]1[C@H](C(=O)c2ccccc2)[C@@H](c2ccc(C(=O)O)cc2)[C@H]1c1ccc(C(=O)O)cc1. The van der Waals surface area contributed by atoms with Crippen molar-refractivity contribution in [2.24, 2.45) is 11.8 Å². The van der Waals surface area contributed by atoms with Crippen LogP contribution in [0.4, 0.5) is 0 Å². The molecular formula is C27H22O6. The van der Waals surface area contributed by atoms with Gasteiger partial charge in [0.15, 0.2) is 5.78 Å². The lowest BCUT2D eigenvalue weighted by Gasteiger charge is -2.51. The molecule has 6 nitrogen and oxygen atoms in total. The third-order valence-corrected chi connectivity index (χ3v) is 6.46. The summed E-state index contributed by atoms with van der Waals surface area (Å²) in [5.74, 6) is -4.21. The second-order valence-electron chi connectivity index (χ2n) is 8.30. The van der Waals surface area contributed by atoms with Gasteiger partial charge in [0.05, 0.1) is 11.1 Å². The Bertz CT molecular complexity index is 1210. The zero-order valence-corrected chi connectivity index (χ0v) is 17.8. The minimum Gasteiger partial charge on any atom is -0.478 e. The van der Waals surface area contributed by atoms with E-state index in [4.69, 9.17) is 0 Å². The lowest BCUT2D eigenvalue weighted by Crippen LogP contribution is -2.50. The Hall–Kier alpha value is -4.06. The summed E-state index contributed by atoms with van der Waals surface area (Å²) in [4.78, 5) is 48.8. The first-order chi connectivity index (χ1) is 15.8. The van der Waals surface area contributed by atoms with Crippen molar-refractivity contribution in [1.29, 1.82) is 0 Å². The first-order valence-corrected chi connectivity index (χ1v) is 10.6. The lowest BCUT2D eigenvalue weighted by molar-refractivity contribution is -0.127. The Morgan fingerprint density at radius 1 is 0.576 bits per heavy atom. The fourth-order valence-electron chi connectivity index (χ4n) is 4.90. The van der Waals surface area contributed by atoms with Gasteiger partial charge in [-0.25, -0.2) is 9.59 Å². The lowest BCUT2D eigenvalue weighted by atomic mass is 9.50. The fourth-order valence-corrected chi connectivity index (χ4v) is 4.90. The van der Waals surface area contributed by atoms with Crippen molar-refractivity contribution in [3.05, 3.63) is 107 Å². The summed E-state index contributed by atoms with van der Waals surface area (Å²) in [7, 11) is 0. The summed E-state index contributed by atoms with van der Waals surface area (Å²) in [5, 5.41) is 18.5. The minimum absolute atomic E-state index is 0.116. The maximum atomic E-state index is 13.5. The van der Waals surface area contributed by atoms with Gasteiger partial charge >= 0.3 is 11.9 Å². The van der Waals surface area contributed by atoms with Crippen LogP contribution >= 0.6 is 0 Å². The van der Waals surface area contributed by atoms with Crippen LogP contribution in [0.15, 0.2) is 78.9 Å². The monoisotopic (exact) mass is 442 g/mol. The van der Waals surface area contributed by atoms with E-state index in [2.05, 4.69) is 0 Å². The molecule has 0 amide bonds. The molecule has 33 heavy (non-hydrogen) atoms. The van der Waals surface area contributed by atoms with Gasteiger partial charge in [-0.1, -0.05) is 54.6 Å². The number of carboxylic acid groups (broad SMARTS) is 2. The maximum Gasteiger partial charge on any atom is 0.335 e. The molecule has 2 N–H and O–H groups in total. The molecule has 0 spiro atoms. The molecule has 0 radical (unpaired) electrons. The molecule has 3 aromatic carbocycles. The van der Waals surface area contributed by atoms with Gasteiger partial charge < -0.3 is 10.2 Å². The van der Waals surface area contributed by atoms with Gasteiger partial charge in [-0.05, 0) is 42.3 Å². The van der Waals surface area contributed by atoms with Crippen molar-refractivity contribution < 1.29 is 29.4 Å². The summed E-state index contributed by atoms with van der Waals surface area (Å²) in [6.45, 7) is 1.47. The molecule has 1 aliphatic rings. The van der Waals surface area contributed by atoms with Crippen molar-refractivity contribution in [2.45, 2.75) is 18.8 Å². The summed E-state index contributed by atoms with van der Waals surface area (Å²) in [5.41, 5.74) is 2.32. The van der Waals surface area contributed by atoms with E-state index in [1.807, 2.05) is 6.07 Å². The highest BCUT2D eigenvalue weighted by Crippen LogP contribution is 2.59. The molecule has 1 aliphatic carbocycles. The standard InChI is InChI=1S/C27H22O6/c1-15(28)21-22(16-7-11-19(12-8-16)26(30)31)23(17-9-13-20(14-10-17)27(32)33)24(21)25(29)18-5-3-2-4-6-18/h2-14,21-24H,1H3,(H,30,31)(H,32,33)/t21-,22-,23-,24-/m0/s1. The molecule has 0 bridgehead atoms. The second-order valence-corrected chi connectivity index (χ2v) is 8.30. The number of aromatic carboxylic acids is 2. The summed E-state index contributed by atoms with van der Waals surface area (Å²) >= 11 is 0. The molecule has 0 aliphatic heterocycles. The van der Waals surface area contributed by atoms with E-state index in [9.17, 15) is 29.4 Å². The van der Waals surface area contributed by atoms with Crippen molar-refractivity contribution in [3.8, 4) is 0 Å². The number of carbonyl (C=O) groups excluding carboxylic acids is 2. The predicted octanol–water partition coefficient (Wildman–Crippen LogP) is 4.67. The Morgan fingerprint density at radius 3 is 1.39 bits per heavy atom. The zero-order chi connectivity index (χ0) is 23.7. The molecule has 4 atom stereocenters. The van der Waals surface area contributed by atoms with Gasteiger partial charge in [-0.15, -0.1) is 0 Å². The predicted molar refractivity (Wildman–Crippen MR) is 121 cm³/mol. The Labute approximate surface area is 190 Å². The topological polar surface area (TPSA) is 109 Å². The van der Waals surface area contributed by atoms with Crippen LogP contribution in [0, 0.1) is 11.8 Å². The average Bonchev–Trinajstić information content (AvgIpc) is 2.79. The first kappa shape index (κ1) is 22.1. The van der Waals surface area contributed by atoms with Crippen LogP contribution in [0.3, 0.4) is 0 Å². The van der Waals surface area contributed by atoms with Crippen LogP contribution in [0.2, 0.25) is 0 Å². The van der Waals surface area contributed by atoms with Crippen LogP contribution in [-0.2, 0) is 4.79 Å². The first-order valence-electron chi connectivity index (χ1n) is 10.6. The molecule has 1 fully saturated rings. The Morgan fingerprint density at radius 2 is 1.00 bits per heavy atom. The van der Waals surface area contributed by atoms with Gasteiger partial charge in [0.2, 0.25) is 0 Å². The molecule has 0 saturated heterocycles. The van der Waals surface area contributed by atoms with Gasteiger partial charge in [-0.3, -0.25) is 9.59 Å². The summed E-state index contributed by atoms with van der Waals surface area (Å²) < 4.78 is 0. The number of hydrogen-bond acceptors (Lipinski definition) is 4. The van der Waals surface area contributed by atoms with Crippen LogP contribution < -0.4 is 0 Å². The van der Waals surface area contributed by atoms with Gasteiger partial charge in [0.1, 0.15) is 5.78 Å². The largest absolute Gasteiger partial charge is 0.478 e. The number of carboxylic acids is 2. The van der Waals surface area contributed by atoms with E-state index in [0.29, 0.717) is 5.56 Å². The van der Waals surface area contributed by atoms with Crippen LogP contribution in [0.5, 0.6) is 0 Å². The van der Waals surface area contributed by atoms with Crippen molar-refractivity contribution in [3.63, 3.8) is 0 Å². The third kappa shape index (κ3) is 4.07. The number of rotatable bonds is 7. The van der Waals surface area contributed by atoms with E-state index in [1.165, 1.54) is 31.2 Å². The van der Waals surface area contributed by atoms with Crippen molar-refractivity contribution in [2.75, 3.05) is 0 Å². The molecular weight excluding hydrogens is 420 g/mol. The highest BCUT2D eigenvalue weighted by molar-refractivity contribution is 6.03. The molecule has 166 valence electrons. The minimum atomic E-state index is -1.05. The number of ketones is 2. The number of hydrogen-bond donors (Lipinski definition) is 2. The second kappa shape index (κ2) is 8.82. The van der Waals surface area contributed by atoms with E-state index < -0.39 is 23.8 Å². The fraction of sp³-hybridized carbons (Fsp3) is 0.185. The summed E-state index contributed by atoms with van der Waals surface area (Å²) in [6.07, 6.45) is 0. The van der Waals surface area contributed by atoms with Crippen molar-refractivity contribution >= 4 is 23.5 Å². The molecule has 0 unspecified atom stereocenters. The van der Waals surface area contributed by atoms with E-state index in [-0.39, 0.29) is 34.5 Å². The average molecular weight is 442 g/mol. The summed E-state index contributed by atoms with van der Waals surface area (Å²) in [6, 6.07) is 21.5. The van der Waals surface area contributed by atoms with Gasteiger partial charge in [0.25, 0.3) is 0 Å². The van der Waals surface area contributed by atoms with Gasteiger partial charge in [-0.2, -0.15) is 0 Å². The molecule has 4 rings (SSSR count). The zero-order valence-electron chi connectivity index (χ0n) is 17.8. The molecule has 0 aromatic heterocycles. The van der Waals surface area contributed by atoms with Crippen LogP contribution in [0.1, 0.15) is 61.0 Å². The van der Waals surface area contributed by atoms with Crippen LogP contribution in [-0.4, -0.2) is 33.7 Å². The van der Waals surface area contributed by atoms with Crippen LogP contribution in [0.25, 0.3) is 0 Å². The number of carbonyl (C=O) groups is 4. The molecule has 0 heterocycles. The number of benzene rings is 3. The van der Waals surface area contributed by atoms with E-state index in [1.54, 1.807) is 48.5 Å². The number of Topliss-reactive ketones (excluding diaryl/α,β-unsaturated/α-hetero) is 2. The highest BCUT2D eigenvalue weighted by atomic mass is 16.4. The quantitative estimate of drug-likeness (QED) is 0.515. The smallest absolute Gasteiger partial charge is 0.335 e. The Balaban J connectivity index is 1.80. The van der Waals surface area contributed by atoms with Crippen molar-refractivity contribution in [1.82, 2.24) is 0 Å². The Kier molecular flexibility index (Phi) is 5.92. The van der Waals surface area contributed by atoms with E-state index >= 15 is 0 Å². The van der Waals surface area contributed by atoms with Gasteiger partial charge in [0, 0.05) is 29.2 Å². The molecule has 3 aromatic rings. The normalized spacial score (nSPS) is 21.6. The van der Waals surface area contributed by atoms with E-state index in [0.717, 1.165) is 11.1 Å². The molecule has 1 saturated carbocycles. The molecule has 6 heteroatoms.